The summed E-state index contributed by atoms with van der Waals surface area (Å²) >= 11 is 6.04. The number of aryl methyl sites for hydroxylation is 1. The van der Waals surface area contributed by atoms with Crippen LogP contribution in [0.4, 0.5) is 11.7 Å². The summed E-state index contributed by atoms with van der Waals surface area (Å²) < 4.78 is 11.3. The maximum atomic E-state index is 6.04. The Morgan fingerprint density at radius 3 is 2.48 bits per heavy atom. The van der Waals surface area contributed by atoms with E-state index in [1.54, 1.807) is 12.4 Å². The number of halogens is 1. The minimum atomic E-state index is 0.300. The first-order chi connectivity index (χ1) is 13.2. The van der Waals surface area contributed by atoms with Crippen molar-refractivity contribution < 1.29 is 9.15 Å². The molecule has 0 aliphatic heterocycles. The van der Waals surface area contributed by atoms with Gasteiger partial charge in [0.2, 0.25) is 5.89 Å². The molecule has 2 heterocycles. The van der Waals surface area contributed by atoms with Gasteiger partial charge in [0.15, 0.2) is 5.75 Å². The van der Waals surface area contributed by atoms with Crippen LogP contribution in [0.5, 0.6) is 11.5 Å². The van der Waals surface area contributed by atoms with Crippen LogP contribution in [-0.4, -0.2) is 20.2 Å². The molecule has 0 atom stereocenters. The molecule has 134 valence electrons. The molecular weight excluding hydrogens is 366 g/mol. The largest absolute Gasteiger partial charge is 0.454 e. The third-order valence-corrected chi connectivity index (χ3v) is 4.13. The third kappa shape index (κ3) is 4.04. The molecule has 27 heavy (non-hydrogen) atoms. The number of anilines is 2. The molecule has 0 fully saturated rings. The van der Waals surface area contributed by atoms with Crippen LogP contribution in [0.15, 0.2) is 65.6 Å². The molecule has 0 saturated heterocycles. The minimum Gasteiger partial charge on any atom is -0.454 e. The smallest absolute Gasteiger partial charge is 0.320 e. The predicted molar refractivity (Wildman–Crippen MR) is 101 cm³/mol. The number of aromatic nitrogens is 4. The van der Waals surface area contributed by atoms with Crippen molar-refractivity contribution in [2.45, 2.75) is 6.92 Å². The molecular formula is C19H14ClN5O2. The summed E-state index contributed by atoms with van der Waals surface area (Å²) in [6, 6.07) is 13.2. The number of nitrogens with one attached hydrogen (secondary N) is 1. The summed E-state index contributed by atoms with van der Waals surface area (Å²) in [5.74, 6) is 1.62. The maximum absolute atomic E-state index is 6.04. The van der Waals surface area contributed by atoms with E-state index in [-0.39, 0.29) is 0 Å². The van der Waals surface area contributed by atoms with Crippen LogP contribution in [-0.2, 0) is 0 Å². The van der Waals surface area contributed by atoms with Gasteiger partial charge >= 0.3 is 6.01 Å². The Bertz CT molecular complexity index is 1050. The Hall–Kier alpha value is -3.45. The van der Waals surface area contributed by atoms with E-state index in [0.717, 1.165) is 16.8 Å². The molecule has 8 heteroatoms. The summed E-state index contributed by atoms with van der Waals surface area (Å²) in [6.07, 6.45) is 4.63. The topological polar surface area (TPSA) is 86.0 Å². The number of ether oxygens (including phenoxy) is 1. The Kier molecular flexibility index (Phi) is 4.67. The zero-order chi connectivity index (χ0) is 18.6. The second-order valence-electron chi connectivity index (χ2n) is 5.70. The van der Waals surface area contributed by atoms with Crippen LogP contribution >= 0.6 is 11.6 Å². The summed E-state index contributed by atoms with van der Waals surface area (Å²) in [5.41, 5.74) is 2.56. The van der Waals surface area contributed by atoms with E-state index in [9.17, 15) is 0 Å². The SMILES string of the molecule is Cc1cc(Nc2nnc(-c3ccc(Oc4cncnc4)cc3)o2)ccc1Cl. The molecule has 1 N–H and O–H groups in total. The molecule has 0 bridgehead atoms. The van der Waals surface area contributed by atoms with Gasteiger partial charge in [-0.05, 0) is 55.0 Å². The van der Waals surface area contributed by atoms with Gasteiger partial charge in [-0.2, -0.15) is 0 Å². The van der Waals surface area contributed by atoms with Crippen molar-refractivity contribution in [2.75, 3.05) is 5.32 Å². The summed E-state index contributed by atoms with van der Waals surface area (Å²) in [4.78, 5) is 7.82. The van der Waals surface area contributed by atoms with Crippen molar-refractivity contribution >= 4 is 23.3 Å². The number of hydrogen-bond acceptors (Lipinski definition) is 7. The molecule has 0 aliphatic rings. The van der Waals surface area contributed by atoms with Crippen molar-refractivity contribution in [3.63, 3.8) is 0 Å². The Morgan fingerprint density at radius 2 is 1.74 bits per heavy atom. The van der Waals surface area contributed by atoms with Crippen LogP contribution < -0.4 is 10.1 Å². The molecule has 4 aromatic rings. The zero-order valence-corrected chi connectivity index (χ0v) is 15.0. The highest BCUT2D eigenvalue weighted by Crippen LogP contribution is 2.27. The average molecular weight is 380 g/mol. The van der Waals surface area contributed by atoms with Gasteiger partial charge in [-0.15, -0.1) is 5.10 Å². The van der Waals surface area contributed by atoms with Gasteiger partial charge in [-0.3, -0.25) is 0 Å². The normalized spacial score (nSPS) is 10.6. The van der Waals surface area contributed by atoms with Gasteiger partial charge in [-0.1, -0.05) is 16.7 Å². The van der Waals surface area contributed by atoms with Crippen molar-refractivity contribution in [3.8, 4) is 23.0 Å². The van der Waals surface area contributed by atoms with Gasteiger partial charge in [-0.25, -0.2) is 9.97 Å². The number of rotatable bonds is 5. The maximum Gasteiger partial charge on any atom is 0.320 e. The lowest BCUT2D eigenvalue weighted by atomic mass is 10.2. The second kappa shape index (κ2) is 7.43. The summed E-state index contributed by atoms with van der Waals surface area (Å²) in [5, 5.41) is 11.9. The Balaban J connectivity index is 1.47. The first kappa shape index (κ1) is 17.0. The minimum absolute atomic E-state index is 0.300. The Labute approximate surface area is 160 Å². The van der Waals surface area contributed by atoms with E-state index in [1.807, 2.05) is 49.4 Å². The first-order valence-corrected chi connectivity index (χ1v) is 8.45. The van der Waals surface area contributed by atoms with E-state index >= 15 is 0 Å². The van der Waals surface area contributed by atoms with Gasteiger partial charge in [0, 0.05) is 16.3 Å². The third-order valence-electron chi connectivity index (χ3n) is 3.71. The molecule has 0 spiro atoms. The van der Waals surface area contributed by atoms with Crippen molar-refractivity contribution in [1.29, 1.82) is 0 Å². The fraction of sp³-hybridized carbons (Fsp3) is 0.0526. The lowest BCUT2D eigenvalue weighted by molar-refractivity contribution is 0.477. The fourth-order valence-corrected chi connectivity index (χ4v) is 2.49. The predicted octanol–water partition coefficient (Wildman–Crippen LogP) is 5.02. The van der Waals surface area contributed by atoms with E-state index in [1.165, 1.54) is 6.33 Å². The van der Waals surface area contributed by atoms with Gasteiger partial charge < -0.3 is 14.5 Å². The molecule has 4 rings (SSSR count). The lowest BCUT2D eigenvalue weighted by Crippen LogP contribution is -1.91. The fourth-order valence-electron chi connectivity index (χ4n) is 2.38. The monoisotopic (exact) mass is 379 g/mol. The van der Waals surface area contributed by atoms with E-state index in [0.29, 0.717) is 28.4 Å². The Morgan fingerprint density at radius 1 is 0.963 bits per heavy atom. The quantitative estimate of drug-likeness (QED) is 0.520. The van der Waals surface area contributed by atoms with E-state index in [2.05, 4.69) is 25.5 Å². The van der Waals surface area contributed by atoms with Gasteiger partial charge in [0.25, 0.3) is 0 Å². The highest BCUT2D eigenvalue weighted by Gasteiger charge is 2.10. The molecule has 0 radical (unpaired) electrons. The van der Waals surface area contributed by atoms with E-state index < -0.39 is 0 Å². The molecule has 0 amide bonds. The van der Waals surface area contributed by atoms with Crippen LogP contribution in [0.3, 0.4) is 0 Å². The number of nitrogens with zero attached hydrogens (tertiary/aromatic N) is 4. The molecule has 2 aromatic heterocycles. The van der Waals surface area contributed by atoms with Crippen LogP contribution in [0.2, 0.25) is 5.02 Å². The van der Waals surface area contributed by atoms with Crippen molar-refractivity contribution in [1.82, 2.24) is 20.2 Å². The van der Waals surface area contributed by atoms with Gasteiger partial charge in [0.05, 0.1) is 12.4 Å². The highest BCUT2D eigenvalue weighted by atomic mass is 35.5. The first-order valence-electron chi connectivity index (χ1n) is 8.07. The summed E-state index contributed by atoms with van der Waals surface area (Å²) in [6.45, 7) is 1.93. The number of hydrogen-bond donors (Lipinski definition) is 1. The highest BCUT2D eigenvalue weighted by molar-refractivity contribution is 6.31. The standard InChI is InChI=1S/C19H14ClN5O2/c1-12-8-14(4-7-17(12)20)23-19-25-24-18(27-19)13-2-5-15(6-3-13)26-16-9-21-11-22-10-16/h2-11H,1H3,(H,23,25). The van der Waals surface area contributed by atoms with Crippen LogP contribution in [0.25, 0.3) is 11.5 Å². The van der Waals surface area contributed by atoms with E-state index in [4.69, 9.17) is 20.8 Å². The molecule has 7 nitrogen and oxygen atoms in total. The van der Waals surface area contributed by atoms with Crippen LogP contribution in [0, 0.1) is 6.92 Å². The number of benzene rings is 2. The molecule has 0 unspecified atom stereocenters. The van der Waals surface area contributed by atoms with Crippen LogP contribution in [0.1, 0.15) is 5.56 Å². The molecule has 2 aromatic carbocycles. The summed E-state index contributed by atoms with van der Waals surface area (Å²) in [7, 11) is 0. The van der Waals surface area contributed by atoms with Crippen molar-refractivity contribution in [2.24, 2.45) is 0 Å². The lowest BCUT2D eigenvalue weighted by Gasteiger charge is -2.04. The second-order valence-corrected chi connectivity index (χ2v) is 6.11. The van der Waals surface area contributed by atoms with Gasteiger partial charge in [0.1, 0.15) is 12.1 Å². The molecule has 0 saturated carbocycles. The zero-order valence-electron chi connectivity index (χ0n) is 14.3. The van der Waals surface area contributed by atoms with Crippen molar-refractivity contribution in [3.05, 3.63) is 71.8 Å². The molecule has 0 aliphatic carbocycles. The average Bonchev–Trinajstić information content (AvgIpc) is 3.15.